The highest BCUT2D eigenvalue weighted by Crippen LogP contribution is 2.25. The molecule has 2 unspecified atom stereocenters. The number of carbonyl (C=O) groups is 1. The highest BCUT2D eigenvalue weighted by atomic mass is 16.2. The number of hydrogen-bond donors (Lipinski definition) is 1. The minimum atomic E-state index is 0.176. The lowest BCUT2D eigenvalue weighted by Crippen LogP contribution is -2.46. The topological polar surface area (TPSA) is 32.3 Å². The molecule has 1 aliphatic rings. The Balaban J connectivity index is 2.18. The predicted molar refractivity (Wildman–Crippen MR) is 84.2 cm³/mol. The first-order valence-electron chi connectivity index (χ1n) is 7.70. The van der Waals surface area contributed by atoms with Crippen LogP contribution < -0.4 is 5.32 Å². The van der Waals surface area contributed by atoms with Crippen molar-refractivity contribution in [2.45, 2.75) is 46.6 Å². The number of benzene rings is 1. The van der Waals surface area contributed by atoms with Crippen LogP contribution in [0.5, 0.6) is 0 Å². The maximum absolute atomic E-state index is 12.7. The predicted octanol–water partition coefficient (Wildman–Crippen LogP) is 3.69. The fourth-order valence-corrected chi connectivity index (χ4v) is 2.97. The fourth-order valence-electron chi connectivity index (χ4n) is 2.97. The number of hydrogen-bond acceptors (Lipinski definition) is 2. The Morgan fingerprint density at radius 2 is 2.15 bits per heavy atom. The van der Waals surface area contributed by atoms with Gasteiger partial charge in [0.25, 0.3) is 5.91 Å². The number of nitrogens with one attached hydrogen (secondary N) is 1. The minimum Gasteiger partial charge on any atom is -0.385 e. The molecule has 1 fully saturated rings. The summed E-state index contributed by atoms with van der Waals surface area (Å²) in [7, 11) is 0. The molecule has 1 saturated heterocycles. The molecule has 1 aliphatic heterocycles. The zero-order chi connectivity index (χ0) is 14.7. The molecule has 3 heteroatoms. The highest BCUT2D eigenvalue weighted by Gasteiger charge is 2.29. The highest BCUT2D eigenvalue weighted by molar-refractivity contribution is 5.95. The number of carbonyl (C=O) groups excluding carboxylic acids is 1. The molecule has 0 radical (unpaired) electrons. The van der Waals surface area contributed by atoms with Gasteiger partial charge >= 0.3 is 0 Å². The van der Waals surface area contributed by atoms with Crippen molar-refractivity contribution in [2.24, 2.45) is 5.92 Å². The van der Waals surface area contributed by atoms with Crippen LogP contribution in [-0.2, 0) is 0 Å². The van der Waals surface area contributed by atoms with Gasteiger partial charge in [0.15, 0.2) is 0 Å². The van der Waals surface area contributed by atoms with Gasteiger partial charge in [0, 0.05) is 30.4 Å². The SMILES string of the molecule is CCNc1ccc(C(=O)N2CCCC(C)C2C)cc1C. The zero-order valence-electron chi connectivity index (χ0n) is 13.1. The van der Waals surface area contributed by atoms with Crippen molar-refractivity contribution < 1.29 is 4.79 Å². The van der Waals surface area contributed by atoms with E-state index in [0.717, 1.165) is 36.3 Å². The third kappa shape index (κ3) is 2.97. The van der Waals surface area contributed by atoms with Crippen LogP contribution >= 0.6 is 0 Å². The molecule has 1 aromatic carbocycles. The molecule has 20 heavy (non-hydrogen) atoms. The molecule has 0 saturated carbocycles. The standard InChI is InChI=1S/C17H26N2O/c1-5-18-16-9-8-15(11-13(16)3)17(20)19-10-6-7-12(2)14(19)4/h8-9,11-12,14,18H,5-7,10H2,1-4H3. The molecule has 1 heterocycles. The van der Waals surface area contributed by atoms with Crippen LogP contribution in [0, 0.1) is 12.8 Å². The maximum atomic E-state index is 12.7. The lowest BCUT2D eigenvalue weighted by Gasteiger charge is -2.38. The second kappa shape index (κ2) is 6.29. The Kier molecular flexibility index (Phi) is 4.69. The normalized spacial score (nSPS) is 22.7. The Morgan fingerprint density at radius 3 is 2.80 bits per heavy atom. The van der Waals surface area contributed by atoms with Gasteiger partial charge in [-0.05, 0) is 63.3 Å². The smallest absolute Gasteiger partial charge is 0.254 e. The summed E-state index contributed by atoms with van der Waals surface area (Å²) in [6, 6.07) is 6.31. The van der Waals surface area contributed by atoms with Crippen LogP contribution in [0.3, 0.4) is 0 Å². The van der Waals surface area contributed by atoms with Crippen molar-refractivity contribution in [2.75, 3.05) is 18.4 Å². The Bertz CT molecular complexity index is 484. The molecule has 1 N–H and O–H groups in total. The monoisotopic (exact) mass is 274 g/mol. The van der Waals surface area contributed by atoms with Crippen molar-refractivity contribution in [3.63, 3.8) is 0 Å². The van der Waals surface area contributed by atoms with Gasteiger partial charge in [-0.3, -0.25) is 4.79 Å². The van der Waals surface area contributed by atoms with Gasteiger partial charge in [-0.15, -0.1) is 0 Å². The molecule has 1 amide bonds. The number of likely N-dealkylation sites (tertiary alicyclic amines) is 1. The van der Waals surface area contributed by atoms with Crippen molar-refractivity contribution in [3.8, 4) is 0 Å². The molecule has 0 aliphatic carbocycles. The average Bonchev–Trinajstić information content (AvgIpc) is 2.43. The van der Waals surface area contributed by atoms with Gasteiger partial charge in [0.05, 0.1) is 0 Å². The van der Waals surface area contributed by atoms with Gasteiger partial charge in [-0.25, -0.2) is 0 Å². The zero-order valence-corrected chi connectivity index (χ0v) is 13.1. The maximum Gasteiger partial charge on any atom is 0.254 e. The number of amides is 1. The molecule has 2 rings (SSSR count). The van der Waals surface area contributed by atoms with E-state index in [1.54, 1.807) is 0 Å². The Labute approximate surface area is 122 Å². The molecule has 0 spiro atoms. The molecular weight excluding hydrogens is 248 g/mol. The van der Waals surface area contributed by atoms with Crippen molar-refractivity contribution in [3.05, 3.63) is 29.3 Å². The summed E-state index contributed by atoms with van der Waals surface area (Å²) in [5.41, 5.74) is 3.06. The van der Waals surface area contributed by atoms with E-state index in [1.165, 1.54) is 6.42 Å². The quantitative estimate of drug-likeness (QED) is 0.911. The average molecular weight is 274 g/mol. The fraction of sp³-hybridized carbons (Fsp3) is 0.588. The van der Waals surface area contributed by atoms with E-state index < -0.39 is 0 Å². The van der Waals surface area contributed by atoms with Crippen molar-refractivity contribution in [1.82, 2.24) is 4.90 Å². The summed E-state index contributed by atoms with van der Waals surface area (Å²) in [6.45, 7) is 10.3. The van der Waals surface area contributed by atoms with Gasteiger partial charge in [-0.1, -0.05) is 6.92 Å². The number of nitrogens with zero attached hydrogens (tertiary/aromatic N) is 1. The number of piperidine rings is 1. The third-order valence-electron chi connectivity index (χ3n) is 4.48. The second-order valence-corrected chi connectivity index (χ2v) is 5.92. The van der Waals surface area contributed by atoms with Gasteiger partial charge in [-0.2, -0.15) is 0 Å². The van der Waals surface area contributed by atoms with E-state index >= 15 is 0 Å². The summed E-state index contributed by atoms with van der Waals surface area (Å²) >= 11 is 0. The van der Waals surface area contributed by atoms with Crippen LogP contribution in [0.25, 0.3) is 0 Å². The molecule has 0 aromatic heterocycles. The lowest BCUT2D eigenvalue weighted by molar-refractivity contribution is 0.0551. The van der Waals surface area contributed by atoms with Crippen LogP contribution in [-0.4, -0.2) is 29.9 Å². The van der Waals surface area contributed by atoms with E-state index in [2.05, 4.69) is 33.0 Å². The van der Waals surface area contributed by atoms with Gasteiger partial charge in [0.1, 0.15) is 0 Å². The van der Waals surface area contributed by atoms with E-state index in [9.17, 15) is 4.79 Å². The minimum absolute atomic E-state index is 0.176. The molecule has 2 atom stereocenters. The molecular formula is C17H26N2O. The Hall–Kier alpha value is -1.51. The summed E-state index contributed by atoms with van der Waals surface area (Å²) in [5, 5.41) is 3.31. The van der Waals surface area contributed by atoms with E-state index in [4.69, 9.17) is 0 Å². The molecule has 1 aromatic rings. The summed E-state index contributed by atoms with van der Waals surface area (Å²) < 4.78 is 0. The number of anilines is 1. The number of rotatable bonds is 3. The van der Waals surface area contributed by atoms with E-state index in [0.29, 0.717) is 12.0 Å². The van der Waals surface area contributed by atoms with Crippen LogP contribution in [0.15, 0.2) is 18.2 Å². The molecule has 0 bridgehead atoms. The number of aryl methyl sites for hydroxylation is 1. The third-order valence-corrected chi connectivity index (χ3v) is 4.48. The van der Waals surface area contributed by atoms with Gasteiger partial charge < -0.3 is 10.2 Å². The lowest BCUT2D eigenvalue weighted by atomic mass is 9.91. The van der Waals surface area contributed by atoms with E-state index in [-0.39, 0.29) is 5.91 Å². The van der Waals surface area contributed by atoms with Crippen LogP contribution in [0.1, 0.15) is 49.5 Å². The Morgan fingerprint density at radius 1 is 1.40 bits per heavy atom. The van der Waals surface area contributed by atoms with Crippen molar-refractivity contribution >= 4 is 11.6 Å². The van der Waals surface area contributed by atoms with Crippen molar-refractivity contribution in [1.29, 1.82) is 0 Å². The summed E-state index contributed by atoms with van der Waals surface area (Å²) in [6.07, 6.45) is 2.34. The molecule has 110 valence electrons. The summed E-state index contributed by atoms with van der Waals surface area (Å²) in [5.74, 6) is 0.769. The molecule has 3 nitrogen and oxygen atoms in total. The summed E-state index contributed by atoms with van der Waals surface area (Å²) in [4.78, 5) is 14.7. The first kappa shape index (κ1) is 14.9. The van der Waals surface area contributed by atoms with Crippen LogP contribution in [0.4, 0.5) is 5.69 Å². The first-order chi connectivity index (χ1) is 9.54. The van der Waals surface area contributed by atoms with Crippen LogP contribution in [0.2, 0.25) is 0 Å². The largest absolute Gasteiger partial charge is 0.385 e. The first-order valence-corrected chi connectivity index (χ1v) is 7.70. The second-order valence-electron chi connectivity index (χ2n) is 5.92. The van der Waals surface area contributed by atoms with E-state index in [1.807, 2.05) is 23.1 Å². The van der Waals surface area contributed by atoms with Gasteiger partial charge in [0.2, 0.25) is 0 Å².